The van der Waals surface area contributed by atoms with Crippen molar-refractivity contribution in [1.82, 2.24) is 4.98 Å². The molecule has 2 heterocycles. The second kappa shape index (κ2) is 12.5. The fourth-order valence-electron chi connectivity index (χ4n) is 4.16. The SMILES string of the molecule is C=N/C(=C\C(=C/C)C(C)(C)C#N)C(=O)Nc1ccc(C)c(-c2cnc(OC(C)C)c(N3CCOCC3)c2)c1. The molecule has 1 saturated heterocycles. The Hall–Kier alpha value is -3.96. The summed E-state index contributed by atoms with van der Waals surface area (Å²) in [6.45, 7) is 17.8. The Bertz CT molecular complexity index is 1280. The predicted octanol–water partition coefficient (Wildman–Crippen LogP) is 5.70. The number of pyridine rings is 1. The first-order chi connectivity index (χ1) is 18.1. The van der Waals surface area contributed by atoms with Crippen LogP contribution in [-0.4, -0.2) is 50.0 Å². The van der Waals surface area contributed by atoms with Gasteiger partial charge in [0.05, 0.1) is 30.8 Å². The van der Waals surface area contributed by atoms with Gasteiger partial charge in [-0.1, -0.05) is 12.1 Å². The van der Waals surface area contributed by atoms with Crippen LogP contribution in [0.25, 0.3) is 11.1 Å². The van der Waals surface area contributed by atoms with Gasteiger partial charge in [-0.05, 0) is 89.2 Å². The highest BCUT2D eigenvalue weighted by molar-refractivity contribution is 6.04. The maximum atomic E-state index is 13.1. The molecular formula is C30H37N5O3. The van der Waals surface area contributed by atoms with Crippen molar-refractivity contribution in [2.75, 3.05) is 36.5 Å². The van der Waals surface area contributed by atoms with Gasteiger partial charge in [-0.3, -0.25) is 9.79 Å². The third-order valence-electron chi connectivity index (χ3n) is 6.35. The van der Waals surface area contributed by atoms with Crippen molar-refractivity contribution >= 4 is 24.0 Å². The van der Waals surface area contributed by atoms with E-state index < -0.39 is 11.3 Å². The average molecular weight is 516 g/mol. The summed E-state index contributed by atoms with van der Waals surface area (Å²) in [5.41, 5.74) is 4.50. The molecule has 1 aliphatic heterocycles. The molecule has 1 aliphatic rings. The van der Waals surface area contributed by atoms with Gasteiger partial charge in [0.15, 0.2) is 0 Å². The summed E-state index contributed by atoms with van der Waals surface area (Å²) in [7, 11) is 0. The van der Waals surface area contributed by atoms with E-state index in [0.717, 1.165) is 35.5 Å². The van der Waals surface area contributed by atoms with Crippen LogP contribution in [0, 0.1) is 23.7 Å². The van der Waals surface area contributed by atoms with E-state index in [1.165, 1.54) is 0 Å². The predicted molar refractivity (Wildman–Crippen MR) is 153 cm³/mol. The number of allylic oxidation sites excluding steroid dienone is 3. The summed E-state index contributed by atoms with van der Waals surface area (Å²) in [6, 6.07) is 10.1. The summed E-state index contributed by atoms with van der Waals surface area (Å²) in [5, 5.41) is 12.4. The lowest BCUT2D eigenvalue weighted by Gasteiger charge is -2.30. The molecule has 2 aromatic rings. The second-order valence-electron chi connectivity index (χ2n) is 9.97. The maximum Gasteiger partial charge on any atom is 0.274 e. The molecule has 0 aliphatic carbocycles. The number of amides is 1. The summed E-state index contributed by atoms with van der Waals surface area (Å²) >= 11 is 0. The first-order valence-corrected chi connectivity index (χ1v) is 12.8. The highest BCUT2D eigenvalue weighted by atomic mass is 16.5. The van der Waals surface area contributed by atoms with Gasteiger partial charge in [0.2, 0.25) is 5.88 Å². The molecule has 0 saturated carbocycles. The quantitative estimate of drug-likeness (QED) is 0.261. The van der Waals surface area contributed by atoms with Crippen LogP contribution in [0.4, 0.5) is 11.4 Å². The van der Waals surface area contributed by atoms with Crippen molar-refractivity contribution in [2.45, 2.75) is 47.6 Å². The third-order valence-corrected chi connectivity index (χ3v) is 6.35. The molecule has 200 valence electrons. The van der Waals surface area contributed by atoms with E-state index in [-0.39, 0.29) is 11.8 Å². The van der Waals surface area contributed by atoms with Crippen molar-refractivity contribution in [3.8, 4) is 23.1 Å². The van der Waals surface area contributed by atoms with Gasteiger partial charge in [0.1, 0.15) is 11.4 Å². The molecule has 38 heavy (non-hydrogen) atoms. The van der Waals surface area contributed by atoms with E-state index in [2.05, 4.69) is 39.0 Å². The topological polar surface area (TPSA) is 99.8 Å². The molecule has 1 N–H and O–H groups in total. The van der Waals surface area contributed by atoms with Crippen molar-refractivity contribution in [1.29, 1.82) is 5.26 Å². The van der Waals surface area contributed by atoms with Crippen LogP contribution in [0.5, 0.6) is 5.88 Å². The average Bonchev–Trinajstić information content (AvgIpc) is 2.90. The number of benzene rings is 1. The zero-order valence-electron chi connectivity index (χ0n) is 23.2. The molecule has 1 amide bonds. The molecule has 8 heteroatoms. The minimum absolute atomic E-state index is 0.00376. The number of rotatable bonds is 9. The summed E-state index contributed by atoms with van der Waals surface area (Å²) in [5.74, 6) is 0.190. The number of hydrogen-bond donors (Lipinski definition) is 1. The van der Waals surface area contributed by atoms with Gasteiger partial charge < -0.3 is 19.7 Å². The number of aliphatic imine (C=N–C) groups is 1. The fourth-order valence-corrected chi connectivity index (χ4v) is 4.16. The Morgan fingerprint density at radius 1 is 1.32 bits per heavy atom. The summed E-state index contributed by atoms with van der Waals surface area (Å²) in [4.78, 5) is 23.9. The molecule has 0 radical (unpaired) electrons. The van der Waals surface area contributed by atoms with E-state index in [1.807, 2.05) is 45.9 Å². The number of nitriles is 1. The standard InChI is InChI=1S/C30H37N5O3/c1-8-23(30(5,6)19-31)16-26(32-7)28(36)34-24-10-9-21(4)25(17-24)22-15-27(35-11-13-37-14-12-35)29(33-18-22)38-20(2)3/h8-10,15-18,20H,7,11-14H2,1-6H3,(H,34,36)/b23-8+,26-16-. The van der Waals surface area contributed by atoms with Crippen LogP contribution in [-0.2, 0) is 9.53 Å². The number of ether oxygens (including phenoxy) is 2. The number of morpholine rings is 1. The zero-order valence-corrected chi connectivity index (χ0v) is 23.2. The molecule has 1 fully saturated rings. The number of aromatic nitrogens is 1. The normalized spacial score (nSPS) is 14.7. The van der Waals surface area contributed by atoms with Crippen molar-refractivity contribution in [2.24, 2.45) is 10.4 Å². The van der Waals surface area contributed by atoms with Gasteiger partial charge in [0.25, 0.3) is 5.91 Å². The van der Waals surface area contributed by atoms with Gasteiger partial charge in [-0.25, -0.2) is 4.98 Å². The molecule has 8 nitrogen and oxygen atoms in total. The number of nitrogens with one attached hydrogen (secondary N) is 1. The molecular weight excluding hydrogens is 478 g/mol. The zero-order chi connectivity index (χ0) is 27.9. The molecule has 3 rings (SSSR count). The first kappa shape index (κ1) is 28.6. The Kier molecular flexibility index (Phi) is 9.43. The van der Waals surface area contributed by atoms with E-state index >= 15 is 0 Å². The lowest BCUT2D eigenvalue weighted by molar-refractivity contribution is -0.112. The van der Waals surface area contributed by atoms with Gasteiger partial charge in [-0.15, -0.1) is 0 Å². The van der Waals surface area contributed by atoms with Gasteiger partial charge >= 0.3 is 0 Å². The van der Waals surface area contributed by atoms with E-state index in [9.17, 15) is 10.1 Å². The Morgan fingerprint density at radius 2 is 2.03 bits per heavy atom. The van der Waals surface area contributed by atoms with E-state index in [0.29, 0.717) is 30.4 Å². The van der Waals surface area contributed by atoms with Crippen molar-refractivity contribution in [3.05, 3.63) is 59.4 Å². The summed E-state index contributed by atoms with van der Waals surface area (Å²) < 4.78 is 11.5. The lowest BCUT2D eigenvalue weighted by atomic mass is 9.85. The van der Waals surface area contributed by atoms with E-state index in [4.69, 9.17) is 9.47 Å². The first-order valence-electron chi connectivity index (χ1n) is 12.8. The van der Waals surface area contributed by atoms with Crippen LogP contribution in [0.1, 0.15) is 40.2 Å². The number of nitrogens with zero attached hydrogens (tertiary/aromatic N) is 4. The van der Waals surface area contributed by atoms with E-state index in [1.54, 1.807) is 32.2 Å². The minimum Gasteiger partial charge on any atom is -0.473 e. The number of carbonyl (C=O) groups excluding carboxylic acids is 1. The molecule has 0 bridgehead atoms. The van der Waals surface area contributed by atoms with Crippen LogP contribution in [0.3, 0.4) is 0 Å². The Morgan fingerprint density at radius 3 is 2.63 bits per heavy atom. The van der Waals surface area contributed by atoms with Crippen molar-refractivity contribution in [3.63, 3.8) is 0 Å². The van der Waals surface area contributed by atoms with Crippen LogP contribution >= 0.6 is 0 Å². The molecule has 1 aromatic heterocycles. The Labute approximate surface area is 225 Å². The molecule has 0 atom stereocenters. The van der Waals surface area contributed by atoms with Crippen LogP contribution < -0.4 is 15.0 Å². The van der Waals surface area contributed by atoms with Crippen molar-refractivity contribution < 1.29 is 14.3 Å². The fraction of sp³-hybridized carbons (Fsp3) is 0.400. The summed E-state index contributed by atoms with van der Waals surface area (Å²) in [6.07, 6.45) is 5.20. The molecule has 1 aromatic carbocycles. The highest BCUT2D eigenvalue weighted by Gasteiger charge is 2.23. The highest BCUT2D eigenvalue weighted by Crippen LogP contribution is 2.35. The lowest BCUT2D eigenvalue weighted by Crippen LogP contribution is -2.36. The number of hydrogen-bond acceptors (Lipinski definition) is 7. The number of anilines is 2. The van der Waals surface area contributed by atoms with Gasteiger partial charge in [-0.2, -0.15) is 5.26 Å². The largest absolute Gasteiger partial charge is 0.473 e. The minimum atomic E-state index is -0.765. The van der Waals surface area contributed by atoms with Crippen LogP contribution in [0.2, 0.25) is 0 Å². The Balaban J connectivity index is 1.94. The van der Waals surface area contributed by atoms with Crippen LogP contribution in [0.15, 0.2) is 58.9 Å². The maximum absolute atomic E-state index is 13.1. The smallest absolute Gasteiger partial charge is 0.274 e. The monoisotopic (exact) mass is 515 g/mol. The molecule has 0 spiro atoms. The number of carbonyl (C=O) groups is 1. The number of aryl methyl sites for hydroxylation is 1. The third kappa shape index (κ3) is 6.87. The second-order valence-corrected chi connectivity index (χ2v) is 9.97. The van der Waals surface area contributed by atoms with Gasteiger partial charge in [0, 0.05) is 30.5 Å². The molecule has 0 unspecified atom stereocenters.